The molecule has 0 aromatic heterocycles. The zero-order valence-corrected chi connectivity index (χ0v) is 18.1. The summed E-state index contributed by atoms with van der Waals surface area (Å²) in [7, 11) is 0. The van der Waals surface area contributed by atoms with E-state index in [-0.39, 0.29) is 12.5 Å². The number of ether oxygens (including phenoxy) is 3. The van der Waals surface area contributed by atoms with E-state index in [1.807, 2.05) is 67.6 Å². The molecule has 0 fully saturated rings. The molecule has 0 radical (unpaired) electrons. The number of hydrogen-bond donors (Lipinski definition) is 0. The standard InChI is InChI=1S/C26H25NO5/c1-19(28)32-23-15-9-14-22-25(23)30-18-24(29)27(22)16-17-31-26(2,20-10-5-3-6-11-20)21-12-7-4-8-13-21/h3-15H,16-18H2,1-2H3. The number of hydrogen-bond acceptors (Lipinski definition) is 5. The summed E-state index contributed by atoms with van der Waals surface area (Å²) in [6, 6.07) is 25.2. The summed E-state index contributed by atoms with van der Waals surface area (Å²) in [5.74, 6) is 0.0560. The Labute approximate surface area is 187 Å². The van der Waals surface area contributed by atoms with Gasteiger partial charge in [-0.2, -0.15) is 0 Å². The summed E-state index contributed by atoms with van der Waals surface area (Å²) in [5, 5.41) is 0. The van der Waals surface area contributed by atoms with Crippen molar-refractivity contribution in [2.45, 2.75) is 19.4 Å². The van der Waals surface area contributed by atoms with Gasteiger partial charge in [0.15, 0.2) is 18.1 Å². The van der Waals surface area contributed by atoms with Crippen molar-refractivity contribution >= 4 is 17.6 Å². The summed E-state index contributed by atoms with van der Waals surface area (Å²) in [6.45, 7) is 3.86. The second-order valence-corrected chi connectivity index (χ2v) is 7.65. The van der Waals surface area contributed by atoms with Gasteiger partial charge in [0.1, 0.15) is 5.60 Å². The molecule has 3 aromatic rings. The highest BCUT2D eigenvalue weighted by Gasteiger charge is 2.32. The van der Waals surface area contributed by atoms with Crippen molar-refractivity contribution < 1.29 is 23.8 Å². The highest BCUT2D eigenvalue weighted by molar-refractivity contribution is 5.98. The fourth-order valence-corrected chi connectivity index (χ4v) is 3.88. The summed E-state index contributed by atoms with van der Waals surface area (Å²) < 4.78 is 17.3. The van der Waals surface area contributed by atoms with E-state index in [9.17, 15) is 9.59 Å². The second-order valence-electron chi connectivity index (χ2n) is 7.65. The molecule has 0 bridgehead atoms. The maximum absolute atomic E-state index is 12.6. The van der Waals surface area contributed by atoms with Crippen molar-refractivity contribution in [3.8, 4) is 11.5 Å². The van der Waals surface area contributed by atoms with Gasteiger partial charge in [0.25, 0.3) is 5.91 Å². The van der Waals surface area contributed by atoms with Gasteiger partial charge in [0.2, 0.25) is 0 Å². The van der Waals surface area contributed by atoms with E-state index in [1.165, 1.54) is 6.92 Å². The fourth-order valence-electron chi connectivity index (χ4n) is 3.88. The van der Waals surface area contributed by atoms with Crippen LogP contribution in [0.1, 0.15) is 25.0 Å². The summed E-state index contributed by atoms with van der Waals surface area (Å²) in [6.07, 6.45) is 0. The third-order valence-corrected chi connectivity index (χ3v) is 5.50. The second kappa shape index (κ2) is 9.24. The molecule has 6 heteroatoms. The molecule has 1 aliphatic heterocycles. The van der Waals surface area contributed by atoms with Crippen LogP contribution in [0.2, 0.25) is 0 Å². The van der Waals surface area contributed by atoms with Gasteiger partial charge in [-0.25, -0.2) is 0 Å². The van der Waals surface area contributed by atoms with E-state index in [4.69, 9.17) is 14.2 Å². The molecule has 0 saturated heterocycles. The molecule has 0 aliphatic carbocycles. The number of carbonyl (C=O) groups is 2. The van der Waals surface area contributed by atoms with Gasteiger partial charge in [0, 0.05) is 13.5 Å². The topological polar surface area (TPSA) is 65.1 Å². The lowest BCUT2D eigenvalue weighted by molar-refractivity contribution is -0.132. The van der Waals surface area contributed by atoms with Crippen molar-refractivity contribution in [2.75, 3.05) is 24.7 Å². The highest BCUT2D eigenvalue weighted by atomic mass is 16.6. The van der Waals surface area contributed by atoms with Crippen molar-refractivity contribution in [1.82, 2.24) is 0 Å². The SMILES string of the molecule is CC(=O)Oc1cccc2c1OCC(=O)N2CCOC(C)(c1ccccc1)c1ccccc1. The summed E-state index contributed by atoms with van der Waals surface area (Å²) in [5.41, 5.74) is 1.93. The average Bonchev–Trinajstić information content (AvgIpc) is 2.81. The minimum Gasteiger partial charge on any atom is -0.478 e. The average molecular weight is 431 g/mol. The molecule has 1 amide bonds. The van der Waals surface area contributed by atoms with Gasteiger partial charge in [0.05, 0.1) is 12.3 Å². The van der Waals surface area contributed by atoms with Crippen LogP contribution in [0.15, 0.2) is 78.9 Å². The number of esters is 1. The Hall–Kier alpha value is -3.64. The molecule has 0 unspecified atom stereocenters. The summed E-state index contributed by atoms with van der Waals surface area (Å²) >= 11 is 0. The fraction of sp³-hybridized carbons (Fsp3) is 0.231. The maximum atomic E-state index is 12.6. The number of benzene rings is 3. The molecule has 1 aliphatic rings. The zero-order chi connectivity index (χ0) is 22.6. The first-order valence-electron chi connectivity index (χ1n) is 10.5. The predicted octanol–water partition coefficient (Wildman–Crippen LogP) is 4.32. The Kier molecular flexibility index (Phi) is 6.23. The molecule has 3 aromatic carbocycles. The first kappa shape index (κ1) is 21.6. The van der Waals surface area contributed by atoms with Crippen LogP contribution in [0.5, 0.6) is 11.5 Å². The van der Waals surface area contributed by atoms with Gasteiger partial charge < -0.3 is 19.1 Å². The Morgan fingerprint density at radius 2 is 1.59 bits per heavy atom. The largest absolute Gasteiger partial charge is 0.478 e. The van der Waals surface area contributed by atoms with Gasteiger partial charge in [-0.3, -0.25) is 9.59 Å². The van der Waals surface area contributed by atoms with Crippen LogP contribution < -0.4 is 14.4 Å². The van der Waals surface area contributed by atoms with Crippen LogP contribution in [0.4, 0.5) is 5.69 Å². The number of anilines is 1. The lowest BCUT2D eigenvalue weighted by Crippen LogP contribution is -2.42. The Morgan fingerprint density at radius 3 is 2.19 bits per heavy atom. The molecule has 0 spiro atoms. The molecule has 4 rings (SSSR count). The first-order valence-corrected chi connectivity index (χ1v) is 10.5. The van der Waals surface area contributed by atoms with Gasteiger partial charge in [-0.1, -0.05) is 66.7 Å². The van der Waals surface area contributed by atoms with Crippen LogP contribution in [0.3, 0.4) is 0 Å². The lowest BCUT2D eigenvalue weighted by Gasteiger charge is -2.34. The van der Waals surface area contributed by atoms with E-state index in [0.717, 1.165) is 11.1 Å². The van der Waals surface area contributed by atoms with E-state index >= 15 is 0 Å². The van der Waals surface area contributed by atoms with Gasteiger partial charge >= 0.3 is 5.97 Å². The number of para-hydroxylation sites is 1. The molecule has 32 heavy (non-hydrogen) atoms. The first-order chi connectivity index (χ1) is 15.5. The third kappa shape index (κ3) is 4.36. The van der Waals surface area contributed by atoms with E-state index in [2.05, 4.69) is 0 Å². The van der Waals surface area contributed by atoms with Gasteiger partial charge in [-0.05, 0) is 30.2 Å². The normalized spacial score (nSPS) is 13.3. The van der Waals surface area contributed by atoms with Crippen LogP contribution >= 0.6 is 0 Å². The number of fused-ring (bicyclic) bond motifs is 1. The number of nitrogens with zero attached hydrogens (tertiary/aromatic N) is 1. The van der Waals surface area contributed by atoms with Crippen LogP contribution in [0, 0.1) is 0 Å². The zero-order valence-electron chi connectivity index (χ0n) is 18.1. The number of carbonyl (C=O) groups excluding carboxylic acids is 2. The smallest absolute Gasteiger partial charge is 0.308 e. The van der Waals surface area contributed by atoms with Crippen LogP contribution in [-0.2, 0) is 19.9 Å². The Bertz CT molecular complexity index is 1060. The van der Waals surface area contributed by atoms with Crippen molar-refractivity contribution in [2.24, 2.45) is 0 Å². The predicted molar refractivity (Wildman–Crippen MR) is 121 cm³/mol. The number of rotatable bonds is 7. The quantitative estimate of drug-likeness (QED) is 0.412. The van der Waals surface area contributed by atoms with E-state index in [0.29, 0.717) is 30.3 Å². The van der Waals surface area contributed by atoms with Crippen molar-refractivity contribution in [3.05, 3.63) is 90.0 Å². The van der Waals surface area contributed by atoms with Crippen molar-refractivity contribution in [1.29, 1.82) is 0 Å². The molecular formula is C26H25NO5. The maximum Gasteiger partial charge on any atom is 0.308 e. The molecule has 1 heterocycles. The van der Waals surface area contributed by atoms with E-state index < -0.39 is 11.6 Å². The minimum absolute atomic E-state index is 0.125. The van der Waals surface area contributed by atoms with Crippen molar-refractivity contribution in [3.63, 3.8) is 0 Å². The third-order valence-electron chi connectivity index (χ3n) is 5.50. The molecular weight excluding hydrogens is 406 g/mol. The van der Waals surface area contributed by atoms with Gasteiger partial charge in [-0.15, -0.1) is 0 Å². The molecule has 0 saturated carbocycles. The lowest BCUT2D eigenvalue weighted by atomic mass is 9.88. The molecule has 0 atom stereocenters. The Balaban J connectivity index is 1.57. The minimum atomic E-state index is -0.680. The monoisotopic (exact) mass is 431 g/mol. The molecule has 164 valence electrons. The molecule has 0 N–H and O–H groups in total. The van der Waals surface area contributed by atoms with E-state index in [1.54, 1.807) is 23.1 Å². The number of amides is 1. The Morgan fingerprint density at radius 1 is 0.969 bits per heavy atom. The summed E-state index contributed by atoms with van der Waals surface area (Å²) in [4.78, 5) is 25.7. The molecule has 6 nitrogen and oxygen atoms in total. The van der Waals surface area contributed by atoms with Crippen LogP contribution in [0.25, 0.3) is 0 Å². The van der Waals surface area contributed by atoms with Crippen LogP contribution in [-0.4, -0.2) is 31.6 Å². The highest BCUT2D eigenvalue weighted by Crippen LogP contribution is 2.40.